The Bertz CT molecular complexity index is 961. The Kier molecular flexibility index (Phi) is 9.21. The molecule has 31 heavy (non-hydrogen) atoms. The van der Waals surface area contributed by atoms with Gasteiger partial charge in [0.25, 0.3) is 5.89 Å². The molecule has 0 aliphatic rings. The van der Waals surface area contributed by atoms with Crippen molar-refractivity contribution in [3.8, 4) is 11.6 Å². The molecule has 11 heteroatoms. The predicted octanol–water partition coefficient (Wildman–Crippen LogP) is 4.07. The highest BCUT2D eigenvalue weighted by Gasteiger charge is 2.29. The van der Waals surface area contributed by atoms with E-state index in [1.807, 2.05) is 13.0 Å². The van der Waals surface area contributed by atoms with Crippen LogP contribution in [0.15, 0.2) is 58.2 Å². The molecule has 0 bridgehead atoms. The molecule has 3 aromatic rings. The van der Waals surface area contributed by atoms with Gasteiger partial charge in [-0.1, -0.05) is 23.4 Å². The molecule has 2 N–H and O–H groups in total. The second-order valence-electron chi connectivity index (χ2n) is 6.30. The number of pyridine rings is 1. The number of aromatic nitrogens is 3. The van der Waals surface area contributed by atoms with E-state index in [4.69, 9.17) is 4.52 Å². The first-order valence-electron chi connectivity index (χ1n) is 9.38. The van der Waals surface area contributed by atoms with Crippen LogP contribution in [-0.2, 0) is 19.1 Å². The van der Waals surface area contributed by atoms with Gasteiger partial charge in [-0.2, -0.15) is 18.2 Å². The van der Waals surface area contributed by atoms with Gasteiger partial charge < -0.3 is 15.2 Å². The van der Waals surface area contributed by atoms with Gasteiger partial charge in [-0.15, -0.1) is 24.0 Å². The first-order valence-corrected chi connectivity index (χ1v) is 9.38. The Hall–Kier alpha value is -2.70. The summed E-state index contributed by atoms with van der Waals surface area (Å²) in [6.07, 6.45) is -2.19. The van der Waals surface area contributed by atoms with E-state index in [2.05, 4.69) is 30.8 Å². The molecule has 0 saturated carbocycles. The van der Waals surface area contributed by atoms with Gasteiger partial charge in [-0.05, 0) is 36.8 Å². The zero-order valence-corrected chi connectivity index (χ0v) is 19.0. The standard InChI is InChI=1S/C20H21F3N6O.HI/c1-2-24-19(27-13-14-6-8-15(9-7-14)20(21,22)23)26-12-10-17-28-18(30-29-17)16-5-3-4-11-25-16;/h3-9,11H,2,10,12-13H2,1H3,(H2,24,26,27);1H. The Morgan fingerprint density at radius 3 is 2.52 bits per heavy atom. The molecule has 0 spiro atoms. The van der Waals surface area contributed by atoms with Gasteiger partial charge >= 0.3 is 6.18 Å². The highest BCUT2D eigenvalue weighted by molar-refractivity contribution is 14.0. The summed E-state index contributed by atoms with van der Waals surface area (Å²) in [5, 5.41) is 10.2. The van der Waals surface area contributed by atoms with Crippen LogP contribution < -0.4 is 10.6 Å². The monoisotopic (exact) mass is 546 g/mol. The normalized spacial score (nSPS) is 11.7. The predicted molar refractivity (Wildman–Crippen MR) is 121 cm³/mol. The van der Waals surface area contributed by atoms with Crippen molar-refractivity contribution in [2.24, 2.45) is 4.99 Å². The smallest absolute Gasteiger partial charge is 0.357 e. The number of nitrogens with one attached hydrogen (secondary N) is 2. The second-order valence-corrected chi connectivity index (χ2v) is 6.30. The third-order valence-electron chi connectivity index (χ3n) is 4.04. The first kappa shape index (κ1) is 24.6. The van der Waals surface area contributed by atoms with Crippen molar-refractivity contribution in [1.29, 1.82) is 0 Å². The fourth-order valence-corrected chi connectivity index (χ4v) is 2.55. The number of hydrogen-bond donors (Lipinski definition) is 2. The Morgan fingerprint density at radius 1 is 1.10 bits per heavy atom. The number of benzene rings is 1. The van der Waals surface area contributed by atoms with E-state index in [9.17, 15) is 13.2 Å². The van der Waals surface area contributed by atoms with E-state index in [-0.39, 0.29) is 30.5 Å². The molecule has 0 atom stereocenters. The largest absolute Gasteiger partial charge is 0.416 e. The molecule has 7 nitrogen and oxygen atoms in total. The van der Waals surface area contributed by atoms with Gasteiger partial charge in [-0.25, -0.2) is 4.99 Å². The van der Waals surface area contributed by atoms with Gasteiger partial charge in [-0.3, -0.25) is 4.98 Å². The molecular formula is C20H22F3IN6O. The number of guanidine groups is 1. The van der Waals surface area contributed by atoms with E-state index >= 15 is 0 Å². The van der Waals surface area contributed by atoms with E-state index in [0.29, 0.717) is 48.4 Å². The van der Waals surface area contributed by atoms with Crippen molar-refractivity contribution in [1.82, 2.24) is 25.8 Å². The first-order chi connectivity index (χ1) is 14.5. The molecule has 0 saturated heterocycles. The maximum atomic E-state index is 12.6. The van der Waals surface area contributed by atoms with Gasteiger partial charge in [0.05, 0.1) is 12.1 Å². The minimum atomic E-state index is -4.34. The summed E-state index contributed by atoms with van der Waals surface area (Å²) < 4.78 is 43.1. The molecule has 2 heterocycles. The van der Waals surface area contributed by atoms with Crippen LogP contribution in [0.2, 0.25) is 0 Å². The number of alkyl halides is 3. The van der Waals surface area contributed by atoms with Crippen LogP contribution in [0.4, 0.5) is 13.2 Å². The Morgan fingerprint density at radius 2 is 1.87 bits per heavy atom. The van der Waals surface area contributed by atoms with Crippen molar-refractivity contribution in [3.63, 3.8) is 0 Å². The van der Waals surface area contributed by atoms with Crippen LogP contribution in [0.3, 0.4) is 0 Å². The van der Waals surface area contributed by atoms with E-state index in [0.717, 1.165) is 12.1 Å². The summed E-state index contributed by atoms with van der Waals surface area (Å²) >= 11 is 0. The Labute approximate surface area is 194 Å². The molecule has 1 aromatic carbocycles. The minimum absolute atomic E-state index is 0. The van der Waals surface area contributed by atoms with Gasteiger partial charge in [0, 0.05) is 25.7 Å². The molecule has 2 aromatic heterocycles. The highest BCUT2D eigenvalue weighted by Crippen LogP contribution is 2.29. The molecule has 0 aliphatic heterocycles. The number of rotatable bonds is 7. The van der Waals surface area contributed by atoms with Crippen molar-refractivity contribution in [2.75, 3.05) is 13.1 Å². The molecule has 0 aliphatic carbocycles. The molecule has 0 radical (unpaired) electrons. The molecule has 166 valence electrons. The lowest BCUT2D eigenvalue weighted by molar-refractivity contribution is -0.137. The van der Waals surface area contributed by atoms with Crippen molar-refractivity contribution < 1.29 is 17.7 Å². The third kappa shape index (κ3) is 7.49. The Balaban J connectivity index is 0.00000341. The average Bonchev–Trinajstić information content (AvgIpc) is 3.21. The van der Waals surface area contributed by atoms with Gasteiger partial charge in [0.15, 0.2) is 11.8 Å². The van der Waals surface area contributed by atoms with Crippen molar-refractivity contribution in [2.45, 2.75) is 26.1 Å². The third-order valence-corrected chi connectivity index (χ3v) is 4.04. The molecular weight excluding hydrogens is 524 g/mol. The fourth-order valence-electron chi connectivity index (χ4n) is 2.55. The quantitative estimate of drug-likeness (QED) is 0.264. The van der Waals surface area contributed by atoms with E-state index < -0.39 is 11.7 Å². The zero-order chi connectivity index (χ0) is 21.4. The number of hydrogen-bond acceptors (Lipinski definition) is 5. The lowest BCUT2D eigenvalue weighted by Gasteiger charge is -2.11. The van der Waals surface area contributed by atoms with Crippen LogP contribution in [0.25, 0.3) is 11.6 Å². The van der Waals surface area contributed by atoms with Gasteiger partial charge in [0.2, 0.25) is 0 Å². The fraction of sp³-hybridized carbons (Fsp3) is 0.300. The summed E-state index contributed by atoms with van der Waals surface area (Å²) in [5.74, 6) is 1.43. The van der Waals surface area contributed by atoms with Crippen LogP contribution in [-0.4, -0.2) is 34.2 Å². The maximum absolute atomic E-state index is 12.6. The summed E-state index contributed by atoms with van der Waals surface area (Å²) in [7, 11) is 0. The van der Waals surface area contributed by atoms with Crippen LogP contribution >= 0.6 is 24.0 Å². The maximum Gasteiger partial charge on any atom is 0.416 e. The topological polar surface area (TPSA) is 88.2 Å². The zero-order valence-electron chi connectivity index (χ0n) is 16.7. The number of nitrogens with zero attached hydrogens (tertiary/aromatic N) is 4. The second kappa shape index (κ2) is 11.6. The van der Waals surface area contributed by atoms with E-state index in [1.165, 1.54) is 12.1 Å². The van der Waals surface area contributed by atoms with E-state index in [1.54, 1.807) is 18.3 Å². The summed E-state index contributed by atoms with van der Waals surface area (Å²) in [6, 6.07) is 10.4. The minimum Gasteiger partial charge on any atom is -0.357 e. The average molecular weight is 546 g/mol. The van der Waals surface area contributed by atoms with Crippen molar-refractivity contribution >= 4 is 29.9 Å². The number of halogens is 4. The molecule has 0 amide bonds. The SMILES string of the molecule is CCNC(=NCc1ccc(C(F)(F)F)cc1)NCCc1noc(-c2ccccn2)n1.I. The lowest BCUT2D eigenvalue weighted by Crippen LogP contribution is -2.38. The van der Waals surface area contributed by atoms with Crippen LogP contribution in [0.1, 0.15) is 23.9 Å². The molecule has 3 rings (SSSR count). The summed E-state index contributed by atoms with van der Waals surface area (Å²) in [6.45, 7) is 3.32. The van der Waals surface area contributed by atoms with Gasteiger partial charge in [0.1, 0.15) is 5.69 Å². The molecule has 0 fully saturated rings. The van der Waals surface area contributed by atoms with Crippen molar-refractivity contribution in [3.05, 3.63) is 65.6 Å². The number of aliphatic imine (C=N–C) groups is 1. The van der Waals surface area contributed by atoms with Crippen LogP contribution in [0, 0.1) is 0 Å². The molecule has 0 unspecified atom stereocenters. The van der Waals surface area contributed by atoms with Crippen LogP contribution in [0.5, 0.6) is 0 Å². The summed E-state index contributed by atoms with van der Waals surface area (Å²) in [4.78, 5) is 12.9. The lowest BCUT2D eigenvalue weighted by atomic mass is 10.1. The summed E-state index contributed by atoms with van der Waals surface area (Å²) in [5.41, 5.74) is 0.611. The highest BCUT2D eigenvalue weighted by atomic mass is 127.